The predicted octanol–water partition coefficient (Wildman–Crippen LogP) is 4.23. The summed E-state index contributed by atoms with van der Waals surface area (Å²) in [4.78, 5) is 13.9. The maximum atomic E-state index is 12.1. The predicted molar refractivity (Wildman–Crippen MR) is 80.5 cm³/mol. The van der Waals surface area contributed by atoms with Gasteiger partial charge in [0.2, 0.25) is 0 Å². The zero-order valence-electron chi connectivity index (χ0n) is 12.1. The molecule has 0 radical (unpaired) electrons. The van der Waals surface area contributed by atoms with Gasteiger partial charge < -0.3 is 10.2 Å². The third kappa shape index (κ3) is 4.43. The summed E-state index contributed by atoms with van der Waals surface area (Å²) in [6, 6.07) is 7.83. The number of hydrogen-bond donors (Lipinski definition) is 1. The van der Waals surface area contributed by atoms with E-state index < -0.39 is 0 Å². The van der Waals surface area contributed by atoms with Crippen LogP contribution in [-0.2, 0) is 0 Å². The van der Waals surface area contributed by atoms with Crippen LogP contribution < -0.4 is 5.32 Å². The standard InChI is InChI=1S/C15H23ClN2O/c1-5-14(6-2)17-15(19)18(4)11(3)12-7-9-13(16)10-8-12/h7-11,14H,5-6H2,1-4H3,(H,17,19). The fourth-order valence-electron chi connectivity index (χ4n) is 1.91. The molecule has 1 aromatic rings. The van der Waals surface area contributed by atoms with Gasteiger partial charge >= 0.3 is 6.03 Å². The second-order valence-electron chi connectivity index (χ2n) is 4.80. The van der Waals surface area contributed by atoms with Crippen molar-refractivity contribution in [3.63, 3.8) is 0 Å². The molecule has 0 aliphatic carbocycles. The van der Waals surface area contributed by atoms with Crippen LogP contribution in [0.4, 0.5) is 4.79 Å². The molecule has 0 heterocycles. The molecule has 0 fully saturated rings. The van der Waals surface area contributed by atoms with E-state index in [1.165, 1.54) is 0 Å². The Balaban J connectivity index is 2.68. The smallest absolute Gasteiger partial charge is 0.317 e. The molecule has 1 N–H and O–H groups in total. The van der Waals surface area contributed by atoms with E-state index in [0.717, 1.165) is 18.4 Å². The number of benzene rings is 1. The van der Waals surface area contributed by atoms with Gasteiger partial charge in [-0.1, -0.05) is 37.6 Å². The Labute approximate surface area is 120 Å². The van der Waals surface area contributed by atoms with Crippen LogP contribution in [-0.4, -0.2) is 24.0 Å². The van der Waals surface area contributed by atoms with Crippen LogP contribution in [0, 0.1) is 0 Å². The van der Waals surface area contributed by atoms with Crippen LogP contribution in [0.1, 0.15) is 45.2 Å². The number of urea groups is 1. The first-order valence-corrected chi connectivity index (χ1v) is 7.16. The van der Waals surface area contributed by atoms with Crippen molar-refractivity contribution in [1.82, 2.24) is 10.2 Å². The highest BCUT2D eigenvalue weighted by Crippen LogP contribution is 2.20. The summed E-state index contributed by atoms with van der Waals surface area (Å²) in [6.45, 7) is 6.17. The number of carbonyl (C=O) groups excluding carboxylic acids is 1. The summed E-state index contributed by atoms with van der Waals surface area (Å²) in [6.07, 6.45) is 1.90. The van der Waals surface area contributed by atoms with Gasteiger partial charge in [-0.3, -0.25) is 0 Å². The molecule has 0 aliphatic rings. The number of halogens is 1. The van der Waals surface area contributed by atoms with Crippen LogP contribution in [0.3, 0.4) is 0 Å². The third-order valence-electron chi connectivity index (χ3n) is 3.57. The van der Waals surface area contributed by atoms with Crippen LogP contribution >= 0.6 is 11.6 Å². The normalized spacial score (nSPS) is 12.3. The van der Waals surface area contributed by atoms with Gasteiger partial charge in [-0.2, -0.15) is 0 Å². The Morgan fingerprint density at radius 1 is 1.26 bits per heavy atom. The van der Waals surface area contributed by atoms with Crippen molar-refractivity contribution in [3.8, 4) is 0 Å². The van der Waals surface area contributed by atoms with Crippen LogP contribution in [0.5, 0.6) is 0 Å². The van der Waals surface area contributed by atoms with Gasteiger partial charge in [-0.05, 0) is 37.5 Å². The molecule has 1 atom stereocenters. The zero-order chi connectivity index (χ0) is 14.4. The van der Waals surface area contributed by atoms with Crippen molar-refractivity contribution < 1.29 is 4.79 Å². The van der Waals surface area contributed by atoms with Crippen molar-refractivity contribution in [2.45, 2.75) is 45.7 Å². The number of nitrogens with zero attached hydrogens (tertiary/aromatic N) is 1. The average Bonchev–Trinajstić information content (AvgIpc) is 2.43. The first-order chi connectivity index (χ1) is 8.99. The van der Waals surface area contributed by atoms with Crippen LogP contribution in [0.15, 0.2) is 24.3 Å². The lowest BCUT2D eigenvalue weighted by atomic mass is 10.1. The lowest BCUT2D eigenvalue weighted by Gasteiger charge is -2.27. The Morgan fingerprint density at radius 3 is 2.26 bits per heavy atom. The third-order valence-corrected chi connectivity index (χ3v) is 3.82. The molecule has 0 spiro atoms. The number of nitrogens with one attached hydrogen (secondary N) is 1. The second kappa shape index (κ2) is 7.39. The average molecular weight is 283 g/mol. The van der Waals surface area contributed by atoms with Gasteiger partial charge in [-0.25, -0.2) is 4.79 Å². The van der Waals surface area contributed by atoms with E-state index >= 15 is 0 Å². The fourth-order valence-corrected chi connectivity index (χ4v) is 2.04. The Bertz CT molecular complexity index is 401. The van der Waals surface area contributed by atoms with Gasteiger partial charge in [0.15, 0.2) is 0 Å². The lowest BCUT2D eigenvalue weighted by Crippen LogP contribution is -2.43. The van der Waals surface area contributed by atoms with Crippen LogP contribution in [0.25, 0.3) is 0 Å². The molecule has 1 rings (SSSR count). The van der Waals surface area contributed by atoms with Gasteiger partial charge in [0.05, 0.1) is 6.04 Å². The molecule has 3 nitrogen and oxygen atoms in total. The highest BCUT2D eigenvalue weighted by atomic mass is 35.5. The molecule has 2 amide bonds. The molecule has 0 saturated carbocycles. The van der Waals surface area contributed by atoms with Crippen molar-refractivity contribution in [2.75, 3.05) is 7.05 Å². The Hall–Kier alpha value is -1.22. The number of hydrogen-bond acceptors (Lipinski definition) is 1. The van der Waals surface area contributed by atoms with E-state index in [-0.39, 0.29) is 18.1 Å². The molecule has 0 saturated heterocycles. The number of amides is 2. The SMILES string of the molecule is CCC(CC)NC(=O)N(C)C(C)c1ccc(Cl)cc1. The van der Waals surface area contributed by atoms with E-state index in [4.69, 9.17) is 11.6 Å². The maximum Gasteiger partial charge on any atom is 0.317 e. The summed E-state index contributed by atoms with van der Waals surface area (Å²) in [5, 5.41) is 3.75. The molecular weight excluding hydrogens is 260 g/mol. The largest absolute Gasteiger partial charge is 0.335 e. The van der Waals surface area contributed by atoms with E-state index in [1.807, 2.05) is 38.2 Å². The molecule has 1 unspecified atom stereocenters. The van der Waals surface area contributed by atoms with Crippen molar-refractivity contribution in [3.05, 3.63) is 34.9 Å². The fraction of sp³-hybridized carbons (Fsp3) is 0.533. The number of rotatable bonds is 5. The van der Waals surface area contributed by atoms with Crippen molar-refractivity contribution in [2.24, 2.45) is 0 Å². The first-order valence-electron chi connectivity index (χ1n) is 6.78. The van der Waals surface area contributed by atoms with Crippen molar-refractivity contribution in [1.29, 1.82) is 0 Å². The summed E-state index contributed by atoms with van der Waals surface area (Å²) in [7, 11) is 1.82. The molecule has 0 aromatic heterocycles. The summed E-state index contributed by atoms with van der Waals surface area (Å²) >= 11 is 5.87. The summed E-state index contributed by atoms with van der Waals surface area (Å²) < 4.78 is 0. The molecule has 19 heavy (non-hydrogen) atoms. The van der Waals surface area contributed by atoms with Gasteiger partial charge in [0, 0.05) is 18.1 Å². The minimum Gasteiger partial charge on any atom is -0.335 e. The molecule has 0 aliphatic heterocycles. The summed E-state index contributed by atoms with van der Waals surface area (Å²) in [5.74, 6) is 0. The second-order valence-corrected chi connectivity index (χ2v) is 5.24. The molecule has 4 heteroatoms. The Morgan fingerprint density at radius 2 is 1.79 bits per heavy atom. The zero-order valence-corrected chi connectivity index (χ0v) is 12.9. The molecular formula is C15H23ClN2O. The monoisotopic (exact) mass is 282 g/mol. The topological polar surface area (TPSA) is 32.3 Å². The highest BCUT2D eigenvalue weighted by Gasteiger charge is 2.18. The maximum absolute atomic E-state index is 12.1. The molecule has 1 aromatic carbocycles. The van der Waals surface area contributed by atoms with E-state index in [9.17, 15) is 4.79 Å². The highest BCUT2D eigenvalue weighted by molar-refractivity contribution is 6.30. The van der Waals surface area contributed by atoms with Gasteiger partial charge in [-0.15, -0.1) is 0 Å². The minimum absolute atomic E-state index is 0.0200. The van der Waals surface area contributed by atoms with E-state index in [0.29, 0.717) is 5.02 Å². The van der Waals surface area contributed by atoms with Gasteiger partial charge in [0.25, 0.3) is 0 Å². The Kier molecular flexibility index (Phi) is 6.16. The van der Waals surface area contributed by atoms with Gasteiger partial charge in [0.1, 0.15) is 0 Å². The van der Waals surface area contributed by atoms with E-state index in [1.54, 1.807) is 4.90 Å². The van der Waals surface area contributed by atoms with Crippen molar-refractivity contribution >= 4 is 17.6 Å². The lowest BCUT2D eigenvalue weighted by molar-refractivity contribution is 0.189. The molecule has 106 valence electrons. The first kappa shape index (κ1) is 15.8. The molecule has 0 bridgehead atoms. The van der Waals surface area contributed by atoms with Crippen LogP contribution in [0.2, 0.25) is 5.02 Å². The minimum atomic E-state index is -0.0313. The van der Waals surface area contributed by atoms with E-state index in [2.05, 4.69) is 19.2 Å². The number of carbonyl (C=O) groups is 1. The quantitative estimate of drug-likeness (QED) is 0.861. The summed E-state index contributed by atoms with van der Waals surface area (Å²) in [5.41, 5.74) is 1.08.